The second kappa shape index (κ2) is 4.96. The van der Waals surface area contributed by atoms with Crippen molar-refractivity contribution >= 4 is 21.4 Å². The number of piperidine rings is 1. The number of fused-ring (bicyclic) bond motifs is 6. The molecule has 126 valence electrons. The van der Waals surface area contributed by atoms with Gasteiger partial charge >= 0.3 is 0 Å². The first-order valence-electron chi connectivity index (χ1n) is 9.49. The molecule has 2 unspecified atom stereocenters. The Morgan fingerprint density at radius 1 is 1.33 bits per heavy atom. The van der Waals surface area contributed by atoms with E-state index in [0.717, 1.165) is 31.5 Å². The molecule has 4 heteroatoms. The first-order valence-corrected chi connectivity index (χ1v) is 10.3. The number of rotatable bonds is 3. The smallest absolute Gasteiger partial charge is 0.140 e. The van der Waals surface area contributed by atoms with Crippen LogP contribution in [0.25, 0.3) is 10.1 Å². The molecular formula is C20H24N2OS. The highest BCUT2D eigenvalue weighted by atomic mass is 32.1. The third-order valence-corrected chi connectivity index (χ3v) is 7.92. The van der Waals surface area contributed by atoms with E-state index >= 15 is 0 Å². The molecule has 3 fully saturated rings. The summed E-state index contributed by atoms with van der Waals surface area (Å²) in [6, 6.07) is 7.65. The summed E-state index contributed by atoms with van der Waals surface area (Å²) in [6.07, 6.45) is 6.54. The molecule has 1 N–H and O–H groups in total. The van der Waals surface area contributed by atoms with Gasteiger partial charge in [0, 0.05) is 29.5 Å². The number of hydrogen-bond acceptors (Lipinski definition) is 4. The van der Waals surface area contributed by atoms with Gasteiger partial charge in [-0.25, -0.2) is 0 Å². The second-order valence-electron chi connectivity index (χ2n) is 8.09. The Labute approximate surface area is 147 Å². The number of hydrogen-bond donors (Lipinski definition) is 1. The standard InChI is InChI=1S/C20H24N2OS/c1-2-13-3-4-14-10-16(24-18(14)17(13)23-9-1)11-21-19-15-5-8-22(12-15)20(19)6-7-20/h3-4,10,15,19,21H,1-2,5-9,11-12H2/t15?,19-/m1/s1. The highest BCUT2D eigenvalue weighted by Crippen LogP contribution is 2.55. The van der Waals surface area contributed by atoms with Crippen LogP contribution in [0.15, 0.2) is 18.2 Å². The molecule has 1 aromatic carbocycles. The molecule has 4 aliphatic rings. The maximum atomic E-state index is 5.99. The van der Waals surface area contributed by atoms with Crippen molar-refractivity contribution in [3.63, 3.8) is 0 Å². The quantitative estimate of drug-likeness (QED) is 0.925. The molecule has 3 nitrogen and oxygen atoms in total. The summed E-state index contributed by atoms with van der Waals surface area (Å²) in [4.78, 5) is 4.23. The summed E-state index contributed by atoms with van der Waals surface area (Å²) in [7, 11) is 0. The fourth-order valence-electron chi connectivity index (χ4n) is 5.47. The van der Waals surface area contributed by atoms with Crippen LogP contribution < -0.4 is 10.1 Å². The Kier molecular flexibility index (Phi) is 2.92. The van der Waals surface area contributed by atoms with Crippen LogP contribution in [0.1, 0.15) is 36.1 Å². The third-order valence-electron chi connectivity index (χ3n) is 6.77. The predicted octanol–water partition coefficient (Wildman–Crippen LogP) is 3.55. The van der Waals surface area contributed by atoms with Crippen LogP contribution in [0.4, 0.5) is 0 Å². The lowest BCUT2D eigenvalue weighted by atomic mass is 9.92. The summed E-state index contributed by atoms with van der Waals surface area (Å²) in [6.45, 7) is 4.57. The summed E-state index contributed by atoms with van der Waals surface area (Å²) in [5.41, 5.74) is 1.94. The molecule has 0 radical (unpaired) electrons. The minimum Gasteiger partial charge on any atom is -0.492 e. The van der Waals surface area contributed by atoms with Crippen molar-refractivity contribution in [2.24, 2.45) is 5.92 Å². The van der Waals surface area contributed by atoms with Crippen molar-refractivity contribution in [3.05, 3.63) is 28.6 Å². The van der Waals surface area contributed by atoms with Gasteiger partial charge in [0.15, 0.2) is 0 Å². The number of ether oxygens (including phenoxy) is 1. The van der Waals surface area contributed by atoms with E-state index in [2.05, 4.69) is 28.4 Å². The first-order chi connectivity index (χ1) is 11.8. The van der Waals surface area contributed by atoms with Crippen molar-refractivity contribution in [2.45, 2.75) is 50.2 Å². The van der Waals surface area contributed by atoms with Crippen molar-refractivity contribution in [1.29, 1.82) is 0 Å². The molecule has 2 aromatic rings. The van der Waals surface area contributed by atoms with Crippen LogP contribution in [-0.4, -0.2) is 36.2 Å². The van der Waals surface area contributed by atoms with Crippen LogP contribution in [0.2, 0.25) is 0 Å². The predicted molar refractivity (Wildman–Crippen MR) is 97.9 cm³/mol. The Balaban J connectivity index is 1.26. The topological polar surface area (TPSA) is 24.5 Å². The lowest BCUT2D eigenvalue weighted by Crippen LogP contribution is -2.49. The highest BCUT2D eigenvalue weighted by Gasteiger charge is 2.63. The minimum absolute atomic E-state index is 0.544. The molecule has 3 aliphatic heterocycles. The number of nitrogens with one attached hydrogen (secondary N) is 1. The van der Waals surface area contributed by atoms with E-state index in [1.807, 2.05) is 11.3 Å². The molecule has 6 rings (SSSR count). The third kappa shape index (κ3) is 1.91. The summed E-state index contributed by atoms with van der Waals surface area (Å²) in [5.74, 6) is 2.05. The Hall–Kier alpha value is -1.10. The van der Waals surface area contributed by atoms with Crippen molar-refractivity contribution in [3.8, 4) is 5.75 Å². The van der Waals surface area contributed by atoms with Gasteiger partial charge in [0.05, 0.1) is 11.3 Å². The maximum Gasteiger partial charge on any atom is 0.140 e. The first kappa shape index (κ1) is 14.1. The molecule has 1 spiro atoms. The van der Waals surface area contributed by atoms with Gasteiger partial charge in [0.1, 0.15) is 5.75 Å². The number of thiophene rings is 1. The van der Waals surface area contributed by atoms with Crippen LogP contribution in [-0.2, 0) is 13.0 Å². The van der Waals surface area contributed by atoms with E-state index in [9.17, 15) is 0 Å². The number of aryl methyl sites for hydroxylation is 1. The van der Waals surface area contributed by atoms with Crippen LogP contribution in [0, 0.1) is 5.92 Å². The molecule has 1 saturated carbocycles. The Morgan fingerprint density at radius 2 is 2.29 bits per heavy atom. The van der Waals surface area contributed by atoms with Crippen LogP contribution in [0.5, 0.6) is 5.75 Å². The fraction of sp³-hybridized carbons (Fsp3) is 0.600. The van der Waals surface area contributed by atoms with E-state index in [1.165, 1.54) is 65.0 Å². The van der Waals surface area contributed by atoms with Gasteiger partial charge in [-0.3, -0.25) is 4.90 Å². The van der Waals surface area contributed by atoms with Gasteiger partial charge in [-0.05, 0) is 61.6 Å². The van der Waals surface area contributed by atoms with Crippen LogP contribution in [0.3, 0.4) is 0 Å². The van der Waals surface area contributed by atoms with Crippen molar-refractivity contribution in [1.82, 2.24) is 10.2 Å². The van der Waals surface area contributed by atoms with E-state index in [0.29, 0.717) is 5.54 Å². The van der Waals surface area contributed by atoms with E-state index < -0.39 is 0 Å². The molecule has 4 heterocycles. The largest absolute Gasteiger partial charge is 0.492 e. The van der Waals surface area contributed by atoms with E-state index in [4.69, 9.17) is 4.74 Å². The zero-order chi connectivity index (χ0) is 15.7. The Morgan fingerprint density at radius 3 is 3.21 bits per heavy atom. The maximum absolute atomic E-state index is 5.99. The van der Waals surface area contributed by atoms with Gasteiger partial charge < -0.3 is 10.1 Å². The monoisotopic (exact) mass is 340 g/mol. The molecule has 1 aromatic heterocycles. The van der Waals surface area contributed by atoms with Crippen molar-refractivity contribution < 1.29 is 4.74 Å². The van der Waals surface area contributed by atoms with Gasteiger partial charge in [-0.15, -0.1) is 11.3 Å². The lowest BCUT2D eigenvalue weighted by molar-refractivity contribution is 0.195. The summed E-state index contributed by atoms with van der Waals surface area (Å²) in [5, 5.41) is 5.31. The molecule has 2 saturated heterocycles. The summed E-state index contributed by atoms with van der Waals surface area (Å²) >= 11 is 1.93. The SMILES string of the molecule is c1cc2cc(CN[C@@H]3C4CCN(C4)C34CC4)sc2c2c1CCCO2. The van der Waals surface area contributed by atoms with Gasteiger partial charge in [-0.1, -0.05) is 12.1 Å². The average Bonchev–Trinajstić information content (AvgIpc) is 2.99. The van der Waals surface area contributed by atoms with Crippen molar-refractivity contribution in [2.75, 3.05) is 19.7 Å². The molecule has 1 aliphatic carbocycles. The molecule has 24 heavy (non-hydrogen) atoms. The highest BCUT2D eigenvalue weighted by molar-refractivity contribution is 7.19. The van der Waals surface area contributed by atoms with Crippen LogP contribution >= 0.6 is 11.3 Å². The second-order valence-corrected chi connectivity index (χ2v) is 9.23. The molecule has 2 bridgehead atoms. The molecule has 3 atom stereocenters. The molecular weight excluding hydrogens is 316 g/mol. The van der Waals surface area contributed by atoms with E-state index in [1.54, 1.807) is 0 Å². The lowest BCUT2D eigenvalue weighted by Gasteiger charge is -2.33. The zero-order valence-electron chi connectivity index (χ0n) is 14.0. The zero-order valence-corrected chi connectivity index (χ0v) is 14.8. The fourth-order valence-corrected chi connectivity index (χ4v) is 6.60. The molecule has 0 amide bonds. The normalized spacial score (nSPS) is 32.2. The van der Waals surface area contributed by atoms with Gasteiger partial charge in [0.25, 0.3) is 0 Å². The average molecular weight is 340 g/mol. The summed E-state index contributed by atoms with van der Waals surface area (Å²) < 4.78 is 7.36. The van der Waals surface area contributed by atoms with Gasteiger partial charge in [-0.2, -0.15) is 0 Å². The number of nitrogens with zero attached hydrogens (tertiary/aromatic N) is 1. The van der Waals surface area contributed by atoms with Gasteiger partial charge in [0.2, 0.25) is 0 Å². The minimum atomic E-state index is 0.544. The number of benzene rings is 1. The van der Waals surface area contributed by atoms with E-state index in [-0.39, 0.29) is 0 Å². The Bertz CT molecular complexity index is 809.